The molecule has 1 heterocycles. The first-order valence-electron chi connectivity index (χ1n) is 6.14. The van der Waals surface area contributed by atoms with Crippen LogP contribution in [0.2, 0.25) is 0 Å². The third-order valence-corrected chi connectivity index (χ3v) is 2.81. The van der Waals surface area contributed by atoms with Crippen LogP contribution in [0.1, 0.15) is 26.5 Å². The standard InChI is InChI=1S/C13H20N2O3/c1-4-14(5-2)13(17)10-15(11(3)16)9-12-7-6-8-18-12/h6-8H,4-5,9-10H2,1-3H3. The molecule has 0 aliphatic heterocycles. The Morgan fingerprint density at radius 3 is 2.33 bits per heavy atom. The van der Waals surface area contributed by atoms with E-state index in [4.69, 9.17) is 4.42 Å². The Labute approximate surface area is 107 Å². The topological polar surface area (TPSA) is 53.8 Å². The summed E-state index contributed by atoms with van der Waals surface area (Å²) in [4.78, 5) is 26.7. The fourth-order valence-corrected chi connectivity index (χ4v) is 1.71. The summed E-state index contributed by atoms with van der Waals surface area (Å²) in [5.41, 5.74) is 0. The minimum atomic E-state index is -0.132. The molecule has 0 aromatic carbocycles. The van der Waals surface area contributed by atoms with Gasteiger partial charge >= 0.3 is 0 Å². The summed E-state index contributed by atoms with van der Waals surface area (Å²) in [6.07, 6.45) is 1.56. The van der Waals surface area contributed by atoms with Gasteiger partial charge < -0.3 is 14.2 Å². The van der Waals surface area contributed by atoms with Gasteiger partial charge in [0.05, 0.1) is 12.8 Å². The largest absolute Gasteiger partial charge is 0.467 e. The van der Waals surface area contributed by atoms with E-state index in [9.17, 15) is 9.59 Å². The van der Waals surface area contributed by atoms with Crippen molar-refractivity contribution in [2.75, 3.05) is 19.6 Å². The van der Waals surface area contributed by atoms with E-state index in [-0.39, 0.29) is 18.4 Å². The van der Waals surface area contributed by atoms with Crippen molar-refractivity contribution in [1.82, 2.24) is 9.80 Å². The van der Waals surface area contributed by atoms with E-state index in [1.54, 1.807) is 23.3 Å². The Hall–Kier alpha value is -1.78. The second kappa shape index (κ2) is 6.83. The summed E-state index contributed by atoms with van der Waals surface area (Å²) < 4.78 is 5.19. The van der Waals surface area contributed by atoms with Crippen molar-refractivity contribution in [3.8, 4) is 0 Å². The molecule has 0 aliphatic rings. The molecule has 5 nitrogen and oxygen atoms in total. The van der Waals surface area contributed by atoms with Crippen LogP contribution in [-0.4, -0.2) is 41.2 Å². The first-order chi connectivity index (χ1) is 8.58. The van der Waals surface area contributed by atoms with E-state index in [2.05, 4.69) is 0 Å². The van der Waals surface area contributed by atoms with Crippen LogP contribution in [0.15, 0.2) is 22.8 Å². The molecule has 0 fully saturated rings. The van der Waals surface area contributed by atoms with Crippen LogP contribution in [-0.2, 0) is 16.1 Å². The van der Waals surface area contributed by atoms with E-state index in [1.807, 2.05) is 13.8 Å². The van der Waals surface area contributed by atoms with Crippen molar-refractivity contribution in [1.29, 1.82) is 0 Å². The van der Waals surface area contributed by atoms with Crippen molar-refractivity contribution in [2.24, 2.45) is 0 Å². The maximum atomic E-state index is 12.0. The lowest BCUT2D eigenvalue weighted by Gasteiger charge is -2.24. The van der Waals surface area contributed by atoms with Crippen LogP contribution in [0.25, 0.3) is 0 Å². The Balaban J connectivity index is 2.63. The highest BCUT2D eigenvalue weighted by Crippen LogP contribution is 2.06. The van der Waals surface area contributed by atoms with Gasteiger partial charge in [-0.15, -0.1) is 0 Å². The lowest BCUT2D eigenvalue weighted by atomic mass is 10.3. The minimum Gasteiger partial charge on any atom is -0.467 e. The number of likely N-dealkylation sites (N-methyl/N-ethyl adjacent to an activating group) is 1. The van der Waals surface area contributed by atoms with Gasteiger partial charge in [-0.3, -0.25) is 9.59 Å². The van der Waals surface area contributed by atoms with Crippen molar-refractivity contribution in [3.63, 3.8) is 0 Å². The quantitative estimate of drug-likeness (QED) is 0.771. The molecule has 1 aromatic rings. The van der Waals surface area contributed by atoms with Gasteiger partial charge in [-0.05, 0) is 26.0 Å². The van der Waals surface area contributed by atoms with Crippen molar-refractivity contribution in [3.05, 3.63) is 24.2 Å². The minimum absolute atomic E-state index is 0.0400. The number of amides is 2. The molecule has 0 aliphatic carbocycles. The number of nitrogens with zero attached hydrogens (tertiary/aromatic N) is 2. The van der Waals surface area contributed by atoms with Gasteiger partial charge in [0.15, 0.2) is 0 Å². The fraction of sp³-hybridized carbons (Fsp3) is 0.538. The highest BCUT2D eigenvalue weighted by Gasteiger charge is 2.18. The Morgan fingerprint density at radius 2 is 1.89 bits per heavy atom. The first-order valence-corrected chi connectivity index (χ1v) is 6.14. The van der Waals surface area contributed by atoms with Gasteiger partial charge in [0, 0.05) is 20.0 Å². The van der Waals surface area contributed by atoms with Crippen LogP contribution in [0, 0.1) is 0 Å². The summed E-state index contributed by atoms with van der Waals surface area (Å²) in [7, 11) is 0. The molecule has 0 bridgehead atoms. The monoisotopic (exact) mass is 252 g/mol. The number of rotatable bonds is 6. The molecule has 1 rings (SSSR count). The highest BCUT2D eigenvalue weighted by molar-refractivity contribution is 5.83. The molecule has 1 aromatic heterocycles. The summed E-state index contributed by atoms with van der Waals surface area (Å²) >= 11 is 0. The molecule has 2 amide bonds. The molecule has 0 saturated carbocycles. The first kappa shape index (κ1) is 14.3. The summed E-state index contributed by atoms with van der Waals surface area (Å²) in [5.74, 6) is 0.506. The molecule has 18 heavy (non-hydrogen) atoms. The molecule has 0 N–H and O–H groups in total. The SMILES string of the molecule is CCN(CC)C(=O)CN(Cc1ccco1)C(C)=O. The van der Waals surface area contributed by atoms with Gasteiger partial charge in [0.25, 0.3) is 0 Å². The molecule has 0 radical (unpaired) electrons. The molecular weight excluding hydrogens is 232 g/mol. The smallest absolute Gasteiger partial charge is 0.242 e. The normalized spacial score (nSPS) is 10.2. The average Bonchev–Trinajstić information content (AvgIpc) is 2.82. The van der Waals surface area contributed by atoms with Gasteiger partial charge in [0.2, 0.25) is 11.8 Å². The predicted molar refractivity (Wildman–Crippen MR) is 67.7 cm³/mol. The Kier molecular flexibility index (Phi) is 5.42. The van der Waals surface area contributed by atoms with Crippen molar-refractivity contribution in [2.45, 2.75) is 27.3 Å². The maximum absolute atomic E-state index is 12.0. The molecule has 0 spiro atoms. The lowest BCUT2D eigenvalue weighted by Crippen LogP contribution is -2.41. The van der Waals surface area contributed by atoms with Gasteiger partial charge in [0.1, 0.15) is 12.3 Å². The van der Waals surface area contributed by atoms with E-state index < -0.39 is 0 Å². The van der Waals surface area contributed by atoms with Gasteiger partial charge in [-0.1, -0.05) is 0 Å². The van der Waals surface area contributed by atoms with Crippen LogP contribution >= 0.6 is 0 Å². The maximum Gasteiger partial charge on any atom is 0.242 e. The van der Waals surface area contributed by atoms with Crippen LogP contribution in [0.4, 0.5) is 0 Å². The van der Waals surface area contributed by atoms with E-state index in [1.165, 1.54) is 11.8 Å². The number of furan rings is 1. The number of carbonyl (C=O) groups excluding carboxylic acids is 2. The molecule has 0 saturated heterocycles. The zero-order chi connectivity index (χ0) is 13.5. The number of hydrogen-bond donors (Lipinski definition) is 0. The molecule has 0 atom stereocenters. The fourth-order valence-electron chi connectivity index (χ4n) is 1.71. The Bertz CT molecular complexity index is 383. The third-order valence-electron chi connectivity index (χ3n) is 2.81. The summed E-state index contributed by atoms with van der Waals surface area (Å²) in [6, 6.07) is 3.55. The molecular formula is C13H20N2O3. The van der Waals surface area contributed by atoms with Crippen LogP contribution in [0.3, 0.4) is 0 Å². The summed E-state index contributed by atoms with van der Waals surface area (Å²) in [5, 5.41) is 0. The lowest BCUT2D eigenvalue weighted by molar-refractivity contribution is -0.139. The second-order valence-corrected chi connectivity index (χ2v) is 4.02. The molecule has 5 heteroatoms. The zero-order valence-corrected chi connectivity index (χ0v) is 11.2. The van der Waals surface area contributed by atoms with E-state index >= 15 is 0 Å². The Morgan fingerprint density at radius 1 is 1.22 bits per heavy atom. The van der Waals surface area contributed by atoms with E-state index in [0.29, 0.717) is 25.4 Å². The van der Waals surface area contributed by atoms with Crippen LogP contribution in [0.5, 0.6) is 0 Å². The second-order valence-electron chi connectivity index (χ2n) is 4.02. The average molecular weight is 252 g/mol. The molecule has 0 unspecified atom stereocenters. The predicted octanol–water partition coefficient (Wildman–Crippen LogP) is 1.50. The van der Waals surface area contributed by atoms with Crippen molar-refractivity contribution < 1.29 is 14.0 Å². The summed E-state index contributed by atoms with van der Waals surface area (Å²) in [6.45, 7) is 7.03. The van der Waals surface area contributed by atoms with Crippen LogP contribution < -0.4 is 0 Å². The highest BCUT2D eigenvalue weighted by atomic mass is 16.3. The van der Waals surface area contributed by atoms with Gasteiger partial charge in [-0.25, -0.2) is 0 Å². The van der Waals surface area contributed by atoms with Crippen molar-refractivity contribution >= 4 is 11.8 Å². The number of hydrogen-bond acceptors (Lipinski definition) is 3. The number of carbonyl (C=O) groups is 2. The third kappa shape index (κ3) is 3.91. The van der Waals surface area contributed by atoms with E-state index in [0.717, 1.165) is 0 Å². The zero-order valence-electron chi connectivity index (χ0n) is 11.2. The van der Waals surface area contributed by atoms with Gasteiger partial charge in [-0.2, -0.15) is 0 Å². The molecule has 100 valence electrons.